The highest BCUT2D eigenvalue weighted by molar-refractivity contribution is 7.83. The number of anilines is 1. The first-order valence-corrected chi connectivity index (χ1v) is 12.8. The molecule has 3 aromatic rings. The third kappa shape index (κ3) is 4.74. The standard InChI is InChI=1S/C25H30N4O4S/c1-17(25(31)28-10-12-33-13-11-28)27-34(32)20-6-7-24(29-9-8-19(30)16-29)21(15-20)23-14-18-4-2-3-5-22(18)26-23/h2-7,14-15,17,19,26-27,30H,8-13,16H2,1H3. The Labute approximate surface area is 201 Å². The van der Waals surface area contributed by atoms with Gasteiger partial charge in [0.05, 0.1) is 30.3 Å². The number of nitrogens with one attached hydrogen (secondary N) is 2. The van der Waals surface area contributed by atoms with E-state index in [4.69, 9.17) is 4.74 Å². The van der Waals surface area contributed by atoms with Crippen molar-refractivity contribution in [3.63, 3.8) is 0 Å². The molecule has 180 valence electrons. The van der Waals surface area contributed by atoms with Crippen molar-refractivity contribution < 1.29 is 18.8 Å². The summed E-state index contributed by atoms with van der Waals surface area (Å²) in [6.07, 6.45) is 0.376. The Kier molecular flexibility index (Phi) is 6.69. The minimum atomic E-state index is -1.57. The number of morpholine rings is 1. The van der Waals surface area contributed by atoms with Gasteiger partial charge in [0.2, 0.25) is 5.91 Å². The minimum Gasteiger partial charge on any atom is -0.391 e. The number of H-pyrrole nitrogens is 1. The summed E-state index contributed by atoms with van der Waals surface area (Å²) < 4.78 is 21.5. The molecule has 3 atom stereocenters. The van der Waals surface area contributed by atoms with Crippen LogP contribution >= 0.6 is 0 Å². The molecule has 9 heteroatoms. The lowest BCUT2D eigenvalue weighted by Gasteiger charge is -2.29. The first-order valence-electron chi connectivity index (χ1n) is 11.7. The van der Waals surface area contributed by atoms with Crippen LogP contribution < -0.4 is 9.62 Å². The molecule has 1 amide bonds. The van der Waals surface area contributed by atoms with Gasteiger partial charge in [-0.05, 0) is 43.7 Å². The van der Waals surface area contributed by atoms with E-state index in [0.717, 1.165) is 40.8 Å². The average Bonchev–Trinajstić information content (AvgIpc) is 3.49. The summed E-state index contributed by atoms with van der Waals surface area (Å²) >= 11 is 0. The van der Waals surface area contributed by atoms with Crippen LogP contribution in [-0.2, 0) is 20.5 Å². The number of aliphatic hydroxyl groups excluding tert-OH is 1. The third-order valence-corrected chi connectivity index (χ3v) is 7.73. The van der Waals surface area contributed by atoms with E-state index in [1.807, 2.05) is 36.4 Å². The number of hydrogen-bond donors (Lipinski definition) is 3. The van der Waals surface area contributed by atoms with Crippen LogP contribution in [0.3, 0.4) is 0 Å². The highest BCUT2D eigenvalue weighted by Gasteiger charge is 2.26. The maximum absolute atomic E-state index is 13.2. The van der Waals surface area contributed by atoms with Crippen LogP contribution in [0, 0.1) is 0 Å². The number of amides is 1. The number of ether oxygens (including phenoxy) is 1. The Morgan fingerprint density at radius 2 is 1.97 bits per heavy atom. The second kappa shape index (κ2) is 9.87. The number of nitrogens with zero attached hydrogens (tertiary/aromatic N) is 2. The normalized spacial score (nSPS) is 20.6. The van der Waals surface area contributed by atoms with Crippen molar-refractivity contribution >= 4 is 33.5 Å². The topological polar surface area (TPSA) is 97.9 Å². The van der Waals surface area contributed by atoms with Crippen molar-refractivity contribution in [2.45, 2.75) is 30.4 Å². The van der Waals surface area contributed by atoms with Crippen LogP contribution in [0.5, 0.6) is 0 Å². The van der Waals surface area contributed by atoms with Crippen molar-refractivity contribution in [2.75, 3.05) is 44.3 Å². The number of β-amino-alcohol motifs (C(OH)–C–C–N with tert-alkyl or cyclic N) is 1. The van der Waals surface area contributed by atoms with Gasteiger partial charge in [-0.15, -0.1) is 0 Å². The minimum absolute atomic E-state index is 0.0739. The number of para-hydroxylation sites is 1. The van der Waals surface area contributed by atoms with Gasteiger partial charge in [0, 0.05) is 54.0 Å². The first kappa shape index (κ1) is 23.0. The number of fused-ring (bicyclic) bond motifs is 1. The maximum atomic E-state index is 13.2. The van der Waals surface area contributed by atoms with Gasteiger partial charge < -0.3 is 24.6 Å². The van der Waals surface area contributed by atoms with Gasteiger partial charge in [0.1, 0.15) is 11.0 Å². The SMILES string of the molecule is CC(NS(=O)c1ccc(N2CCC(O)C2)c(-c2cc3ccccc3[nH]2)c1)C(=O)N1CCOCC1. The molecule has 2 aliphatic rings. The number of aromatic nitrogens is 1. The van der Waals surface area contributed by atoms with Gasteiger partial charge in [-0.1, -0.05) is 18.2 Å². The number of aliphatic hydroxyl groups is 1. The van der Waals surface area contributed by atoms with E-state index < -0.39 is 17.0 Å². The van der Waals surface area contributed by atoms with Crippen LogP contribution in [0.2, 0.25) is 0 Å². The van der Waals surface area contributed by atoms with Crippen molar-refractivity contribution in [2.24, 2.45) is 0 Å². The zero-order valence-electron chi connectivity index (χ0n) is 19.2. The van der Waals surface area contributed by atoms with Crippen LogP contribution in [0.15, 0.2) is 53.4 Å². The van der Waals surface area contributed by atoms with Gasteiger partial charge in [0.25, 0.3) is 0 Å². The average molecular weight is 483 g/mol. The zero-order valence-corrected chi connectivity index (χ0v) is 20.0. The van der Waals surface area contributed by atoms with E-state index in [9.17, 15) is 14.1 Å². The zero-order chi connectivity index (χ0) is 23.7. The number of rotatable bonds is 6. The molecule has 0 saturated carbocycles. The second-order valence-corrected chi connectivity index (χ2v) is 10.1. The molecule has 0 radical (unpaired) electrons. The quantitative estimate of drug-likeness (QED) is 0.501. The molecule has 5 rings (SSSR count). The molecule has 3 N–H and O–H groups in total. The summed E-state index contributed by atoms with van der Waals surface area (Å²) in [4.78, 5) is 20.7. The van der Waals surface area contributed by atoms with Crippen molar-refractivity contribution in [3.8, 4) is 11.3 Å². The Bertz CT molecular complexity index is 1170. The molecule has 0 spiro atoms. The van der Waals surface area contributed by atoms with E-state index in [-0.39, 0.29) is 12.0 Å². The molecule has 8 nitrogen and oxygen atoms in total. The molecular weight excluding hydrogens is 452 g/mol. The summed E-state index contributed by atoms with van der Waals surface area (Å²) in [5.41, 5.74) is 3.86. The summed E-state index contributed by atoms with van der Waals surface area (Å²) in [6.45, 7) is 5.24. The number of hydrogen-bond acceptors (Lipinski definition) is 5. The van der Waals surface area contributed by atoms with Crippen molar-refractivity contribution in [3.05, 3.63) is 48.5 Å². The highest BCUT2D eigenvalue weighted by Crippen LogP contribution is 2.35. The molecule has 2 saturated heterocycles. The fourth-order valence-corrected chi connectivity index (χ4v) is 5.61. The van der Waals surface area contributed by atoms with E-state index in [1.54, 1.807) is 11.8 Å². The predicted molar refractivity (Wildman–Crippen MR) is 133 cm³/mol. The predicted octanol–water partition coefficient (Wildman–Crippen LogP) is 2.27. The Hall–Kier alpha value is -2.72. The number of carbonyl (C=O) groups excluding carboxylic acids is 1. The highest BCUT2D eigenvalue weighted by atomic mass is 32.2. The van der Waals surface area contributed by atoms with Crippen LogP contribution in [0.1, 0.15) is 13.3 Å². The smallest absolute Gasteiger partial charge is 0.240 e. The molecule has 2 aliphatic heterocycles. The lowest BCUT2D eigenvalue weighted by molar-refractivity contribution is -0.136. The molecule has 1 aromatic heterocycles. The molecule has 3 heterocycles. The summed E-state index contributed by atoms with van der Waals surface area (Å²) in [6, 6.07) is 15.3. The second-order valence-electron chi connectivity index (χ2n) is 8.88. The molecular formula is C25H30N4O4S. The number of aromatic amines is 1. The van der Waals surface area contributed by atoms with E-state index in [0.29, 0.717) is 37.7 Å². The maximum Gasteiger partial charge on any atom is 0.240 e. The lowest BCUT2D eigenvalue weighted by atomic mass is 10.1. The van der Waals surface area contributed by atoms with Crippen molar-refractivity contribution in [1.82, 2.24) is 14.6 Å². The van der Waals surface area contributed by atoms with Crippen LogP contribution in [-0.4, -0.2) is 76.6 Å². The first-order chi connectivity index (χ1) is 16.5. The molecule has 34 heavy (non-hydrogen) atoms. The van der Waals surface area contributed by atoms with Crippen molar-refractivity contribution in [1.29, 1.82) is 0 Å². The monoisotopic (exact) mass is 482 g/mol. The van der Waals surface area contributed by atoms with Gasteiger partial charge >= 0.3 is 0 Å². The largest absolute Gasteiger partial charge is 0.391 e. The molecule has 2 fully saturated rings. The van der Waals surface area contributed by atoms with E-state index in [1.165, 1.54) is 0 Å². The van der Waals surface area contributed by atoms with Gasteiger partial charge in [-0.2, -0.15) is 0 Å². The summed E-state index contributed by atoms with van der Waals surface area (Å²) in [5, 5.41) is 11.2. The number of carbonyl (C=O) groups is 1. The summed E-state index contributed by atoms with van der Waals surface area (Å²) in [7, 11) is -1.57. The molecule has 0 aliphatic carbocycles. The van der Waals surface area contributed by atoms with E-state index >= 15 is 0 Å². The Morgan fingerprint density at radius 3 is 2.71 bits per heavy atom. The van der Waals surface area contributed by atoms with Gasteiger partial charge in [0.15, 0.2) is 0 Å². The Morgan fingerprint density at radius 1 is 1.18 bits per heavy atom. The van der Waals surface area contributed by atoms with Crippen LogP contribution in [0.25, 0.3) is 22.2 Å². The molecule has 2 aromatic carbocycles. The van der Waals surface area contributed by atoms with E-state index in [2.05, 4.69) is 26.7 Å². The third-order valence-electron chi connectivity index (χ3n) is 6.48. The molecule has 0 bridgehead atoms. The van der Waals surface area contributed by atoms with Gasteiger partial charge in [-0.3, -0.25) is 4.79 Å². The Balaban J connectivity index is 1.43. The lowest BCUT2D eigenvalue weighted by Crippen LogP contribution is -2.49. The van der Waals surface area contributed by atoms with Gasteiger partial charge in [-0.25, -0.2) is 8.93 Å². The summed E-state index contributed by atoms with van der Waals surface area (Å²) in [5.74, 6) is -0.0739. The number of benzene rings is 2. The fraction of sp³-hybridized carbons (Fsp3) is 0.400. The molecule has 3 unspecified atom stereocenters. The van der Waals surface area contributed by atoms with Crippen LogP contribution in [0.4, 0.5) is 5.69 Å². The fourth-order valence-electron chi connectivity index (χ4n) is 4.64.